The van der Waals surface area contributed by atoms with E-state index in [-0.39, 0.29) is 6.04 Å². The van der Waals surface area contributed by atoms with E-state index in [1.807, 2.05) is 18.2 Å². The summed E-state index contributed by atoms with van der Waals surface area (Å²) >= 11 is 0. The van der Waals surface area contributed by atoms with Gasteiger partial charge in [0.2, 0.25) is 0 Å². The van der Waals surface area contributed by atoms with Crippen LogP contribution < -0.4 is 0 Å². The molecule has 1 aliphatic heterocycles. The SMILES string of the molecule is CC1CCN(C(=O)O)C(Cc2ccccc2)C1. The van der Waals surface area contributed by atoms with E-state index in [2.05, 4.69) is 19.1 Å². The highest BCUT2D eigenvalue weighted by Gasteiger charge is 2.29. The minimum absolute atomic E-state index is 0.138. The van der Waals surface area contributed by atoms with E-state index in [1.165, 1.54) is 5.56 Å². The summed E-state index contributed by atoms with van der Waals surface area (Å²) in [6.07, 6.45) is 2.01. The van der Waals surface area contributed by atoms with Gasteiger partial charge in [0, 0.05) is 12.6 Å². The zero-order chi connectivity index (χ0) is 12.3. The Bertz CT molecular complexity index is 377. The number of piperidine rings is 1. The highest BCUT2D eigenvalue weighted by atomic mass is 16.4. The van der Waals surface area contributed by atoms with Crippen molar-refractivity contribution in [3.05, 3.63) is 35.9 Å². The Labute approximate surface area is 102 Å². The Morgan fingerprint density at radius 2 is 2.12 bits per heavy atom. The first-order valence-corrected chi connectivity index (χ1v) is 6.20. The molecule has 2 unspecified atom stereocenters. The largest absolute Gasteiger partial charge is 0.465 e. The summed E-state index contributed by atoms with van der Waals surface area (Å²) in [6, 6.07) is 10.3. The summed E-state index contributed by atoms with van der Waals surface area (Å²) in [7, 11) is 0. The van der Waals surface area contributed by atoms with Crippen LogP contribution in [-0.2, 0) is 6.42 Å². The minimum atomic E-state index is -0.780. The van der Waals surface area contributed by atoms with Crippen molar-refractivity contribution in [2.45, 2.75) is 32.2 Å². The summed E-state index contributed by atoms with van der Waals surface area (Å²) in [6.45, 7) is 2.88. The van der Waals surface area contributed by atoms with Gasteiger partial charge in [-0.1, -0.05) is 37.3 Å². The summed E-state index contributed by atoms with van der Waals surface area (Å²) < 4.78 is 0. The predicted molar refractivity (Wildman–Crippen MR) is 67.1 cm³/mol. The molecule has 1 saturated heterocycles. The molecule has 0 saturated carbocycles. The second-order valence-corrected chi connectivity index (χ2v) is 4.95. The fourth-order valence-electron chi connectivity index (χ4n) is 2.58. The van der Waals surface area contributed by atoms with Gasteiger partial charge in [-0.05, 0) is 30.7 Å². The van der Waals surface area contributed by atoms with Gasteiger partial charge >= 0.3 is 6.09 Å². The number of carbonyl (C=O) groups is 1. The smallest absolute Gasteiger partial charge is 0.407 e. The van der Waals surface area contributed by atoms with Crippen LogP contribution in [0.5, 0.6) is 0 Å². The standard InChI is InChI=1S/C14H19NO2/c1-11-7-8-15(14(16)17)13(9-11)10-12-5-3-2-4-6-12/h2-6,11,13H,7-10H2,1H3,(H,16,17). The quantitative estimate of drug-likeness (QED) is 0.853. The predicted octanol–water partition coefficient (Wildman–Crippen LogP) is 3.01. The van der Waals surface area contributed by atoms with Gasteiger partial charge in [-0.25, -0.2) is 4.79 Å². The molecule has 1 amide bonds. The minimum Gasteiger partial charge on any atom is -0.465 e. The Morgan fingerprint density at radius 3 is 2.76 bits per heavy atom. The van der Waals surface area contributed by atoms with Crippen LogP contribution in [-0.4, -0.2) is 28.7 Å². The van der Waals surface area contributed by atoms with Crippen LogP contribution in [0.2, 0.25) is 0 Å². The van der Waals surface area contributed by atoms with Crippen LogP contribution in [0, 0.1) is 5.92 Å². The first kappa shape index (κ1) is 12.0. The van der Waals surface area contributed by atoms with Crippen LogP contribution in [0.4, 0.5) is 4.79 Å². The Morgan fingerprint density at radius 1 is 1.41 bits per heavy atom. The first-order chi connectivity index (χ1) is 8.16. The fourth-order valence-corrected chi connectivity index (χ4v) is 2.58. The fraction of sp³-hybridized carbons (Fsp3) is 0.500. The molecule has 0 spiro atoms. The van der Waals surface area contributed by atoms with Crippen molar-refractivity contribution in [3.63, 3.8) is 0 Å². The number of hydrogen-bond donors (Lipinski definition) is 1. The topological polar surface area (TPSA) is 40.5 Å². The molecular formula is C14H19NO2. The monoisotopic (exact) mass is 233 g/mol. The number of carboxylic acid groups (broad SMARTS) is 1. The number of benzene rings is 1. The van der Waals surface area contributed by atoms with Crippen molar-refractivity contribution in [1.82, 2.24) is 4.90 Å². The Balaban J connectivity index is 2.08. The molecule has 3 nitrogen and oxygen atoms in total. The van der Waals surface area contributed by atoms with Crippen molar-refractivity contribution >= 4 is 6.09 Å². The molecule has 0 bridgehead atoms. The van der Waals surface area contributed by atoms with Gasteiger partial charge in [0.05, 0.1) is 0 Å². The van der Waals surface area contributed by atoms with Gasteiger partial charge in [0.1, 0.15) is 0 Å². The van der Waals surface area contributed by atoms with E-state index in [0.29, 0.717) is 12.5 Å². The lowest BCUT2D eigenvalue weighted by molar-refractivity contribution is 0.0928. The molecule has 92 valence electrons. The number of hydrogen-bond acceptors (Lipinski definition) is 1. The zero-order valence-corrected chi connectivity index (χ0v) is 10.2. The molecule has 1 heterocycles. The Kier molecular flexibility index (Phi) is 3.67. The van der Waals surface area contributed by atoms with Gasteiger partial charge in [-0.15, -0.1) is 0 Å². The third-order valence-corrected chi connectivity index (χ3v) is 3.54. The lowest BCUT2D eigenvalue weighted by atomic mass is 9.89. The van der Waals surface area contributed by atoms with Crippen LogP contribution in [0.1, 0.15) is 25.3 Å². The molecule has 2 atom stereocenters. The third-order valence-electron chi connectivity index (χ3n) is 3.54. The van der Waals surface area contributed by atoms with E-state index in [0.717, 1.165) is 19.3 Å². The normalized spacial score (nSPS) is 24.6. The molecule has 1 aromatic rings. The molecule has 0 aromatic heterocycles. The zero-order valence-electron chi connectivity index (χ0n) is 10.2. The van der Waals surface area contributed by atoms with Crippen molar-refractivity contribution in [2.24, 2.45) is 5.92 Å². The molecule has 0 radical (unpaired) electrons. The molecule has 3 heteroatoms. The summed E-state index contributed by atoms with van der Waals surface area (Å²) in [4.78, 5) is 12.8. The van der Waals surface area contributed by atoms with Crippen LogP contribution >= 0.6 is 0 Å². The van der Waals surface area contributed by atoms with Crippen molar-refractivity contribution in [2.75, 3.05) is 6.54 Å². The molecular weight excluding hydrogens is 214 g/mol. The number of amides is 1. The maximum absolute atomic E-state index is 11.2. The lowest BCUT2D eigenvalue weighted by Gasteiger charge is -2.36. The maximum Gasteiger partial charge on any atom is 0.407 e. The molecule has 1 fully saturated rings. The molecule has 2 rings (SSSR count). The first-order valence-electron chi connectivity index (χ1n) is 6.20. The highest BCUT2D eigenvalue weighted by Crippen LogP contribution is 2.25. The van der Waals surface area contributed by atoms with Crippen molar-refractivity contribution in [1.29, 1.82) is 0 Å². The number of nitrogens with zero attached hydrogens (tertiary/aromatic N) is 1. The van der Waals surface area contributed by atoms with Gasteiger partial charge in [-0.2, -0.15) is 0 Å². The van der Waals surface area contributed by atoms with Crippen LogP contribution in [0.25, 0.3) is 0 Å². The van der Waals surface area contributed by atoms with Crippen LogP contribution in [0.15, 0.2) is 30.3 Å². The second kappa shape index (κ2) is 5.21. The molecule has 17 heavy (non-hydrogen) atoms. The second-order valence-electron chi connectivity index (χ2n) is 4.95. The van der Waals surface area contributed by atoms with Gasteiger partial charge in [0.15, 0.2) is 0 Å². The average Bonchev–Trinajstić information content (AvgIpc) is 2.30. The summed E-state index contributed by atoms with van der Waals surface area (Å²) in [5.74, 6) is 0.624. The number of likely N-dealkylation sites (tertiary alicyclic amines) is 1. The van der Waals surface area contributed by atoms with E-state index >= 15 is 0 Å². The van der Waals surface area contributed by atoms with Gasteiger partial charge in [-0.3, -0.25) is 0 Å². The summed E-state index contributed by atoms with van der Waals surface area (Å²) in [5, 5.41) is 9.20. The summed E-state index contributed by atoms with van der Waals surface area (Å²) in [5.41, 5.74) is 1.22. The molecule has 1 aromatic carbocycles. The third kappa shape index (κ3) is 2.99. The average molecular weight is 233 g/mol. The van der Waals surface area contributed by atoms with E-state index < -0.39 is 6.09 Å². The van der Waals surface area contributed by atoms with Crippen molar-refractivity contribution in [3.8, 4) is 0 Å². The molecule has 1 N–H and O–H groups in total. The maximum atomic E-state index is 11.2. The lowest BCUT2D eigenvalue weighted by Crippen LogP contribution is -2.46. The molecule has 1 aliphatic rings. The van der Waals surface area contributed by atoms with Crippen LogP contribution in [0.3, 0.4) is 0 Å². The number of rotatable bonds is 2. The van der Waals surface area contributed by atoms with E-state index in [1.54, 1.807) is 4.90 Å². The Hall–Kier alpha value is -1.51. The molecule has 0 aliphatic carbocycles. The van der Waals surface area contributed by atoms with Gasteiger partial charge < -0.3 is 10.0 Å². The highest BCUT2D eigenvalue weighted by molar-refractivity contribution is 5.65. The van der Waals surface area contributed by atoms with E-state index in [4.69, 9.17) is 0 Å². The van der Waals surface area contributed by atoms with E-state index in [9.17, 15) is 9.90 Å². The van der Waals surface area contributed by atoms with Gasteiger partial charge in [0.25, 0.3) is 0 Å². The van der Waals surface area contributed by atoms with Crippen molar-refractivity contribution < 1.29 is 9.90 Å².